The second kappa shape index (κ2) is 10.5. The van der Waals surface area contributed by atoms with Crippen LogP contribution in [0.3, 0.4) is 0 Å². The summed E-state index contributed by atoms with van der Waals surface area (Å²) in [4.78, 5) is 28.3. The summed E-state index contributed by atoms with van der Waals surface area (Å²) in [5.41, 5.74) is 10.2. The lowest BCUT2D eigenvalue weighted by Gasteiger charge is -2.43. The molecule has 1 aliphatic carbocycles. The first kappa shape index (κ1) is 26.0. The van der Waals surface area contributed by atoms with E-state index in [1.165, 1.54) is 0 Å². The van der Waals surface area contributed by atoms with Crippen LogP contribution in [0, 0.1) is 0 Å². The van der Waals surface area contributed by atoms with Crippen LogP contribution in [-0.2, 0) is 15.1 Å². The molecule has 0 radical (unpaired) electrons. The molecule has 5 N–H and O–H groups in total. The number of nitrogens with one attached hydrogen (secondary N) is 2. The van der Waals surface area contributed by atoms with Crippen molar-refractivity contribution in [1.82, 2.24) is 10.3 Å². The predicted molar refractivity (Wildman–Crippen MR) is 145 cm³/mol. The fourth-order valence-electron chi connectivity index (χ4n) is 4.48. The van der Waals surface area contributed by atoms with E-state index in [1.807, 2.05) is 81.4 Å². The van der Waals surface area contributed by atoms with Crippen LogP contribution in [0.1, 0.15) is 52.0 Å². The molecule has 8 nitrogen and oxygen atoms in total. The van der Waals surface area contributed by atoms with Gasteiger partial charge in [0.15, 0.2) is 0 Å². The van der Waals surface area contributed by atoms with Gasteiger partial charge in [-0.2, -0.15) is 0 Å². The molecule has 1 aromatic heterocycles. The maximum absolute atomic E-state index is 12.5. The summed E-state index contributed by atoms with van der Waals surface area (Å²) in [5, 5.41) is 15.1. The number of nitrogen functional groups attached to an aromatic ring is 1. The summed E-state index contributed by atoms with van der Waals surface area (Å²) in [6.07, 6.45) is 2.26. The molecule has 1 heterocycles. The van der Waals surface area contributed by atoms with Crippen LogP contribution in [0.4, 0.5) is 16.3 Å². The number of carboxylic acids is 1. The third-order valence-electron chi connectivity index (χ3n) is 6.43. The van der Waals surface area contributed by atoms with E-state index in [0.717, 1.165) is 47.2 Å². The Morgan fingerprint density at radius 2 is 1.73 bits per heavy atom. The number of aromatic nitrogens is 1. The van der Waals surface area contributed by atoms with Crippen LogP contribution in [0.2, 0.25) is 0 Å². The molecular weight excluding hydrogens is 468 g/mol. The molecular formula is C29H34N4O4. The van der Waals surface area contributed by atoms with Gasteiger partial charge in [-0.15, -0.1) is 0 Å². The minimum absolute atomic E-state index is 0.0433. The monoisotopic (exact) mass is 502 g/mol. The summed E-state index contributed by atoms with van der Waals surface area (Å²) in [6, 6.07) is 19.8. The first-order valence-corrected chi connectivity index (χ1v) is 12.5. The molecule has 0 saturated heterocycles. The van der Waals surface area contributed by atoms with Gasteiger partial charge in [0.25, 0.3) is 0 Å². The molecule has 194 valence electrons. The number of aliphatic carboxylic acids is 1. The molecule has 0 bridgehead atoms. The van der Waals surface area contributed by atoms with Crippen molar-refractivity contribution in [1.29, 1.82) is 0 Å². The highest BCUT2D eigenvalue weighted by Gasteiger charge is 2.41. The molecule has 1 aliphatic rings. The average molecular weight is 503 g/mol. The zero-order chi connectivity index (χ0) is 26.6. The second-order valence-electron chi connectivity index (χ2n) is 10.4. The number of nitrogens with two attached hydrogens (primary N) is 1. The Labute approximate surface area is 217 Å². The van der Waals surface area contributed by atoms with Gasteiger partial charge >= 0.3 is 12.1 Å². The van der Waals surface area contributed by atoms with Crippen molar-refractivity contribution in [2.45, 2.75) is 57.6 Å². The van der Waals surface area contributed by atoms with E-state index in [2.05, 4.69) is 10.6 Å². The molecule has 0 unspecified atom stereocenters. The highest BCUT2D eigenvalue weighted by Crippen LogP contribution is 2.42. The Kier molecular flexibility index (Phi) is 7.38. The van der Waals surface area contributed by atoms with Crippen molar-refractivity contribution in [2.24, 2.45) is 0 Å². The Morgan fingerprint density at radius 3 is 2.30 bits per heavy atom. The van der Waals surface area contributed by atoms with Gasteiger partial charge < -0.3 is 26.2 Å². The summed E-state index contributed by atoms with van der Waals surface area (Å²) < 4.78 is 5.50. The van der Waals surface area contributed by atoms with Gasteiger partial charge in [-0.1, -0.05) is 54.6 Å². The SMILES string of the molecule is CC(C)(C)OC(=O)NC1(c2ccc(-c3nc(NCCC(=O)O)c(N)cc3-c3ccccc3)cc2)CCC1. The van der Waals surface area contributed by atoms with Crippen molar-refractivity contribution in [2.75, 3.05) is 17.6 Å². The number of alkyl carbamates (subject to hydrolysis) is 1. The van der Waals surface area contributed by atoms with Crippen molar-refractivity contribution in [3.63, 3.8) is 0 Å². The van der Waals surface area contributed by atoms with E-state index >= 15 is 0 Å². The number of rotatable bonds is 8. The minimum Gasteiger partial charge on any atom is -0.481 e. The van der Waals surface area contributed by atoms with E-state index in [4.69, 9.17) is 20.6 Å². The number of carbonyl (C=O) groups excluding carboxylic acids is 1. The molecule has 8 heteroatoms. The quantitative estimate of drug-likeness (QED) is 0.307. The highest BCUT2D eigenvalue weighted by molar-refractivity contribution is 5.86. The van der Waals surface area contributed by atoms with Gasteiger partial charge in [0.1, 0.15) is 11.4 Å². The average Bonchev–Trinajstić information content (AvgIpc) is 2.82. The fourth-order valence-corrected chi connectivity index (χ4v) is 4.48. The zero-order valence-corrected chi connectivity index (χ0v) is 21.5. The molecule has 1 saturated carbocycles. The number of amides is 1. The van der Waals surface area contributed by atoms with Gasteiger partial charge in [-0.3, -0.25) is 4.79 Å². The van der Waals surface area contributed by atoms with Gasteiger partial charge in [-0.05, 0) is 57.2 Å². The number of anilines is 2. The number of ether oxygens (including phenoxy) is 1. The maximum Gasteiger partial charge on any atom is 0.408 e. The predicted octanol–water partition coefficient (Wildman–Crippen LogP) is 5.79. The lowest BCUT2D eigenvalue weighted by molar-refractivity contribution is -0.136. The number of carbonyl (C=O) groups is 2. The number of carboxylic acid groups (broad SMARTS) is 1. The third-order valence-corrected chi connectivity index (χ3v) is 6.43. The van der Waals surface area contributed by atoms with Crippen molar-refractivity contribution in [3.8, 4) is 22.4 Å². The van der Waals surface area contributed by atoms with Crippen LogP contribution < -0.4 is 16.4 Å². The number of hydrogen-bond acceptors (Lipinski definition) is 6. The standard InChI is InChI=1S/C29H34N4O4/c1-28(2,3)37-27(36)33-29(15-7-16-29)21-12-10-20(11-13-21)25-22(19-8-5-4-6-9-19)18-23(30)26(32-25)31-17-14-24(34)35/h4-6,8-13,18H,7,14-17,30H2,1-3H3,(H,31,32)(H,33,36)(H,34,35). The van der Waals surface area contributed by atoms with E-state index < -0.39 is 23.2 Å². The van der Waals surface area contributed by atoms with E-state index in [0.29, 0.717) is 11.5 Å². The van der Waals surface area contributed by atoms with Gasteiger partial charge in [0, 0.05) is 17.7 Å². The molecule has 3 aromatic rings. The highest BCUT2D eigenvalue weighted by atomic mass is 16.6. The largest absolute Gasteiger partial charge is 0.481 e. The molecule has 0 aliphatic heterocycles. The van der Waals surface area contributed by atoms with Crippen LogP contribution >= 0.6 is 0 Å². The third kappa shape index (κ3) is 6.20. The summed E-state index contributed by atoms with van der Waals surface area (Å²) in [6.45, 7) is 5.77. The normalized spacial score (nSPS) is 14.4. The Hall–Kier alpha value is -4.07. The van der Waals surface area contributed by atoms with Gasteiger partial charge in [0.2, 0.25) is 0 Å². The van der Waals surface area contributed by atoms with Crippen LogP contribution in [-0.4, -0.2) is 34.3 Å². The van der Waals surface area contributed by atoms with Crippen LogP contribution in [0.5, 0.6) is 0 Å². The summed E-state index contributed by atoms with van der Waals surface area (Å²) in [5.74, 6) is -0.449. The number of nitrogens with zero attached hydrogens (tertiary/aromatic N) is 1. The van der Waals surface area contributed by atoms with Crippen LogP contribution in [0.15, 0.2) is 60.7 Å². The molecule has 2 aromatic carbocycles. The summed E-state index contributed by atoms with van der Waals surface area (Å²) >= 11 is 0. The lowest BCUT2D eigenvalue weighted by Crippen LogP contribution is -2.52. The van der Waals surface area contributed by atoms with Gasteiger partial charge in [0.05, 0.1) is 23.3 Å². The minimum atomic E-state index is -0.896. The Bertz CT molecular complexity index is 1260. The summed E-state index contributed by atoms with van der Waals surface area (Å²) in [7, 11) is 0. The smallest absolute Gasteiger partial charge is 0.408 e. The first-order chi connectivity index (χ1) is 17.6. The maximum atomic E-state index is 12.5. The zero-order valence-electron chi connectivity index (χ0n) is 21.5. The molecule has 0 atom stereocenters. The topological polar surface area (TPSA) is 127 Å². The molecule has 0 spiro atoms. The molecule has 1 amide bonds. The van der Waals surface area contributed by atoms with E-state index in [1.54, 1.807) is 0 Å². The Morgan fingerprint density at radius 1 is 1.05 bits per heavy atom. The van der Waals surface area contributed by atoms with Crippen molar-refractivity contribution >= 4 is 23.6 Å². The molecule has 4 rings (SSSR count). The van der Waals surface area contributed by atoms with Crippen LogP contribution in [0.25, 0.3) is 22.4 Å². The molecule has 37 heavy (non-hydrogen) atoms. The van der Waals surface area contributed by atoms with E-state index in [9.17, 15) is 9.59 Å². The fraction of sp³-hybridized carbons (Fsp3) is 0.345. The Balaban J connectivity index is 1.67. The van der Waals surface area contributed by atoms with Gasteiger partial charge in [-0.25, -0.2) is 9.78 Å². The lowest BCUT2D eigenvalue weighted by atomic mass is 9.71. The first-order valence-electron chi connectivity index (χ1n) is 12.5. The van der Waals surface area contributed by atoms with Crippen molar-refractivity contribution < 1.29 is 19.4 Å². The number of hydrogen-bond donors (Lipinski definition) is 4. The number of benzene rings is 2. The van der Waals surface area contributed by atoms with Crippen molar-refractivity contribution in [3.05, 3.63) is 66.2 Å². The molecule has 1 fully saturated rings. The second-order valence-corrected chi connectivity index (χ2v) is 10.4. The van der Waals surface area contributed by atoms with E-state index in [-0.39, 0.29) is 13.0 Å². The number of pyridine rings is 1.